The summed E-state index contributed by atoms with van der Waals surface area (Å²) < 4.78 is 34.7. The van der Waals surface area contributed by atoms with Gasteiger partial charge in [0.15, 0.2) is 12.6 Å². The molecule has 18 unspecified atom stereocenters. The maximum Gasteiger partial charge on any atom is 0.364 e. The van der Waals surface area contributed by atoms with Crippen molar-refractivity contribution < 1.29 is 104 Å². The van der Waals surface area contributed by atoms with Gasteiger partial charge in [0.2, 0.25) is 11.8 Å². The molecule has 3 rings (SSSR count). The Hall–Kier alpha value is -2.53. The summed E-state index contributed by atoms with van der Waals surface area (Å²) in [4.78, 5) is 38.4. The van der Waals surface area contributed by atoms with Crippen LogP contribution in [0, 0.1) is 0 Å². The molecule has 0 aromatic rings. The first kappa shape index (κ1) is 76.7. The maximum absolute atomic E-state index is 13.4. The lowest BCUT2D eigenvalue weighted by Gasteiger charge is -2.50. The van der Waals surface area contributed by atoms with Crippen molar-refractivity contribution in [3.8, 4) is 0 Å². The van der Waals surface area contributed by atoms with Gasteiger partial charge in [-0.05, 0) is 38.5 Å². The second-order valence-corrected chi connectivity index (χ2v) is 24.0. The molecular weight excluding hydrogens is 1110 g/mol. The summed E-state index contributed by atoms with van der Waals surface area (Å²) in [6, 6.07) is -2.53. The summed E-state index contributed by atoms with van der Waals surface area (Å²) in [6.07, 6.45) is 9.72. The van der Waals surface area contributed by atoms with Crippen LogP contribution in [0.3, 0.4) is 0 Å². The lowest BCUT2D eigenvalue weighted by molar-refractivity contribution is -0.386. The van der Waals surface area contributed by atoms with Gasteiger partial charge in [-0.15, -0.1) is 0 Å². The van der Waals surface area contributed by atoms with E-state index in [1.54, 1.807) is 0 Å². The highest BCUT2D eigenvalue weighted by molar-refractivity contribution is 5.77. The first-order valence-corrected chi connectivity index (χ1v) is 32.5. The fraction of sp³-hybridized carbons (Fsp3) is 0.919. The quantitative estimate of drug-likeness (QED) is 0.0298. The monoisotopic (exact) mass is 1220 g/mol. The Balaban J connectivity index is 1.57. The van der Waals surface area contributed by atoms with Crippen LogP contribution in [-0.2, 0) is 42.8 Å². The molecule has 18 atom stereocenters. The number of allylic oxidation sites excluding steroid dienone is 2. The molecule has 3 aliphatic rings. The van der Waals surface area contributed by atoms with Gasteiger partial charge < -0.3 is 100 Å². The number of hydrogen-bond donors (Lipinski definition) is 14. The van der Waals surface area contributed by atoms with Crippen molar-refractivity contribution >= 4 is 17.8 Å². The number of unbranched alkanes of at least 4 members (excludes halogenated alkanes) is 26. The number of carbonyl (C=O) groups is 3. The number of ether oxygens (including phenoxy) is 6. The van der Waals surface area contributed by atoms with Gasteiger partial charge in [0.25, 0.3) is 5.79 Å². The van der Waals surface area contributed by atoms with Gasteiger partial charge >= 0.3 is 5.97 Å². The van der Waals surface area contributed by atoms with Crippen molar-refractivity contribution in [1.29, 1.82) is 0 Å². The standard InChI is InChI=1S/C62H114N2O21/c1-4-6-8-10-12-14-15-16-17-18-19-20-21-22-23-24-25-26-28-30-32-34-36-49(72)64-43(44(69)35-33-31-29-27-13-11-9-7-5-2)41-80-59-54(76)53(75)56(48(40-67)82-59)83-60-55(77)58(52(74)47(39-66)81-60)85-62(61(78)79)37-45(70)50(63-42(3)68)57(84-62)51(73)46(71)38-65/h21-22,43-48,50-60,65-67,69-71,73-77H,4-20,23-41H2,1-3H3,(H,63,68)(H,64,72)(H,78,79)/b22-21-. The molecule has 498 valence electrons. The molecular formula is C62H114N2O21. The van der Waals surface area contributed by atoms with Crippen LogP contribution in [0.2, 0.25) is 0 Å². The molecule has 0 radical (unpaired) electrons. The summed E-state index contributed by atoms with van der Waals surface area (Å²) in [5, 5.41) is 136. The molecule has 0 aromatic carbocycles. The van der Waals surface area contributed by atoms with Gasteiger partial charge in [-0.2, -0.15) is 0 Å². The average Bonchev–Trinajstić information content (AvgIpc) is 2.33. The Bertz CT molecular complexity index is 1790. The van der Waals surface area contributed by atoms with E-state index in [2.05, 4.69) is 36.6 Å². The molecule has 85 heavy (non-hydrogen) atoms. The molecule has 23 nitrogen and oxygen atoms in total. The molecule has 0 bridgehead atoms. The molecule has 3 fully saturated rings. The van der Waals surface area contributed by atoms with Gasteiger partial charge in [-0.3, -0.25) is 9.59 Å². The predicted molar refractivity (Wildman–Crippen MR) is 315 cm³/mol. The first-order chi connectivity index (χ1) is 40.9. The maximum atomic E-state index is 13.4. The van der Waals surface area contributed by atoms with Crippen LogP contribution in [0.15, 0.2) is 12.2 Å². The molecule has 0 aromatic heterocycles. The molecule has 3 aliphatic heterocycles. The van der Waals surface area contributed by atoms with E-state index in [9.17, 15) is 75.7 Å². The molecule has 0 saturated carbocycles. The number of aliphatic hydroxyl groups is 11. The van der Waals surface area contributed by atoms with Crippen LogP contribution in [0.5, 0.6) is 0 Å². The van der Waals surface area contributed by atoms with Crippen molar-refractivity contribution in [2.24, 2.45) is 0 Å². The van der Waals surface area contributed by atoms with Crippen LogP contribution in [-0.4, -0.2) is 215 Å². The van der Waals surface area contributed by atoms with Gasteiger partial charge in [0, 0.05) is 19.8 Å². The SMILES string of the molecule is CCCCCCCCCCCCC/C=C\CCCCCCCCCC(=O)NC(COC1OC(CO)C(OC2OC(CO)C(O)C(OC3(C(=O)O)CC(O)C(NC(C)=O)C(C(O)C(O)CO)O3)C2O)C(O)C1O)C(O)CCCCCCCCCCC. The van der Waals surface area contributed by atoms with Crippen molar-refractivity contribution in [3.05, 3.63) is 12.2 Å². The number of hydrogen-bond acceptors (Lipinski definition) is 20. The molecule has 2 amide bonds. The average molecular weight is 1220 g/mol. The fourth-order valence-electron chi connectivity index (χ4n) is 11.5. The van der Waals surface area contributed by atoms with Crippen LogP contribution in [0.1, 0.15) is 226 Å². The number of rotatable bonds is 48. The lowest BCUT2D eigenvalue weighted by atomic mass is 9.88. The zero-order chi connectivity index (χ0) is 62.6. The second kappa shape index (κ2) is 44.0. The Labute approximate surface area is 505 Å². The minimum absolute atomic E-state index is 0.219. The number of carbonyl (C=O) groups excluding carboxylic acids is 2. The van der Waals surface area contributed by atoms with E-state index in [0.717, 1.165) is 84.0 Å². The zero-order valence-corrected chi connectivity index (χ0v) is 51.5. The third kappa shape index (κ3) is 27.6. The minimum atomic E-state index is -3.08. The largest absolute Gasteiger partial charge is 0.477 e. The number of carboxylic acid groups (broad SMARTS) is 1. The number of aliphatic carboxylic acids is 1. The predicted octanol–water partition coefficient (Wildman–Crippen LogP) is 4.34. The van der Waals surface area contributed by atoms with E-state index in [0.29, 0.717) is 19.3 Å². The van der Waals surface area contributed by atoms with E-state index in [4.69, 9.17) is 28.4 Å². The van der Waals surface area contributed by atoms with Gasteiger partial charge in [-0.1, -0.05) is 180 Å². The molecule has 0 spiro atoms. The van der Waals surface area contributed by atoms with Crippen molar-refractivity contribution in [2.75, 3.05) is 26.4 Å². The summed E-state index contributed by atoms with van der Waals surface area (Å²) in [6.45, 7) is 2.15. The molecule has 23 heteroatoms. The van der Waals surface area contributed by atoms with E-state index in [1.807, 2.05) is 0 Å². The Kier molecular flexibility index (Phi) is 39.7. The minimum Gasteiger partial charge on any atom is -0.477 e. The highest BCUT2D eigenvalue weighted by Crippen LogP contribution is 2.38. The van der Waals surface area contributed by atoms with Gasteiger partial charge in [0.05, 0.1) is 50.7 Å². The highest BCUT2D eigenvalue weighted by atomic mass is 16.8. The molecule has 14 N–H and O–H groups in total. The smallest absolute Gasteiger partial charge is 0.364 e. The number of amides is 2. The molecule has 3 heterocycles. The number of aliphatic hydroxyl groups excluding tert-OH is 11. The first-order valence-electron chi connectivity index (χ1n) is 32.5. The topological polar surface area (TPSA) is 373 Å². The third-order valence-electron chi connectivity index (χ3n) is 16.7. The van der Waals surface area contributed by atoms with Gasteiger partial charge in [-0.25, -0.2) is 4.79 Å². The molecule has 3 saturated heterocycles. The van der Waals surface area contributed by atoms with Gasteiger partial charge in [0.1, 0.15) is 67.1 Å². The van der Waals surface area contributed by atoms with Crippen LogP contribution < -0.4 is 10.6 Å². The number of nitrogens with one attached hydrogen (secondary N) is 2. The summed E-state index contributed by atoms with van der Waals surface area (Å²) in [5.41, 5.74) is 0. The van der Waals surface area contributed by atoms with Crippen LogP contribution >= 0.6 is 0 Å². The fourth-order valence-corrected chi connectivity index (χ4v) is 11.5. The second-order valence-electron chi connectivity index (χ2n) is 24.0. The lowest BCUT2D eigenvalue weighted by Crippen LogP contribution is -2.70. The van der Waals surface area contributed by atoms with E-state index >= 15 is 0 Å². The van der Waals surface area contributed by atoms with Crippen LogP contribution in [0.4, 0.5) is 0 Å². The van der Waals surface area contributed by atoms with Crippen molar-refractivity contribution in [2.45, 2.75) is 336 Å². The third-order valence-corrected chi connectivity index (χ3v) is 16.7. The van der Waals surface area contributed by atoms with E-state index in [-0.39, 0.29) is 18.9 Å². The van der Waals surface area contributed by atoms with Crippen molar-refractivity contribution in [3.63, 3.8) is 0 Å². The normalized spacial score (nSPS) is 29.6. The van der Waals surface area contributed by atoms with Crippen molar-refractivity contribution in [1.82, 2.24) is 10.6 Å². The number of carboxylic acids is 1. The van der Waals surface area contributed by atoms with Crippen LogP contribution in [0.25, 0.3) is 0 Å². The van der Waals surface area contributed by atoms with E-state index in [1.165, 1.54) is 96.3 Å². The zero-order valence-electron chi connectivity index (χ0n) is 51.5. The molecule has 0 aliphatic carbocycles. The summed E-state index contributed by atoms with van der Waals surface area (Å²) in [7, 11) is 0. The Morgan fingerprint density at radius 3 is 1.59 bits per heavy atom. The van der Waals surface area contributed by atoms with E-state index < -0.39 is 148 Å². The Morgan fingerprint density at radius 2 is 1.09 bits per heavy atom. The Morgan fingerprint density at radius 1 is 0.600 bits per heavy atom. The summed E-state index contributed by atoms with van der Waals surface area (Å²) >= 11 is 0. The summed E-state index contributed by atoms with van der Waals surface area (Å²) in [5.74, 6) is -6.11. The highest BCUT2D eigenvalue weighted by Gasteiger charge is 2.60.